The van der Waals surface area contributed by atoms with Gasteiger partial charge in [-0.25, -0.2) is 0 Å². The summed E-state index contributed by atoms with van der Waals surface area (Å²) in [4.78, 5) is 12.6. The average Bonchev–Trinajstić information content (AvgIpc) is 3.52. The van der Waals surface area contributed by atoms with E-state index in [0.717, 1.165) is 22.1 Å². The van der Waals surface area contributed by atoms with Gasteiger partial charge in [0.2, 0.25) is 5.91 Å². The highest BCUT2D eigenvalue weighted by Gasteiger charge is 2.15. The molecule has 156 valence electrons. The number of amides is 1. The van der Waals surface area contributed by atoms with Gasteiger partial charge < -0.3 is 23.5 Å². The van der Waals surface area contributed by atoms with Gasteiger partial charge in [-0.3, -0.25) is 4.79 Å². The minimum absolute atomic E-state index is 0.165. The lowest BCUT2D eigenvalue weighted by atomic mass is 10.1. The van der Waals surface area contributed by atoms with Crippen molar-refractivity contribution in [2.24, 2.45) is 0 Å². The number of thioether (sulfide) groups is 1. The summed E-state index contributed by atoms with van der Waals surface area (Å²) in [5.41, 5.74) is 2.02. The first kappa shape index (κ1) is 19.3. The third kappa shape index (κ3) is 3.87. The molecule has 0 radical (unpaired) electrons. The predicted molar refractivity (Wildman–Crippen MR) is 117 cm³/mol. The Bertz CT molecular complexity index is 1360. The smallest absolute Gasteiger partial charge is 0.234 e. The molecule has 3 heterocycles. The van der Waals surface area contributed by atoms with Gasteiger partial charge in [0.05, 0.1) is 31.4 Å². The number of carbonyl (C=O) groups is 1. The summed E-state index contributed by atoms with van der Waals surface area (Å²) >= 11 is 1.30. The number of rotatable bonds is 7. The van der Waals surface area contributed by atoms with Crippen molar-refractivity contribution in [3.05, 3.63) is 66.9 Å². The van der Waals surface area contributed by atoms with Crippen LogP contribution in [0.5, 0.6) is 5.75 Å². The maximum atomic E-state index is 12.6. The van der Waals surface area contributed by atoms with E-state index in [0.29, 0.717) is 28.7 Å². The van der Waals surface area contributed by atoms with Crippen molar-refractivity contribution in [1.29, 1.82) is 0 Å². The number of nitrogens with zero attached hydrogens (tertiary/aromatic N) is 3. The summed E-state index contributed by atoms with van der Waals surface area (Å²) in [6, 6.07) is 15.2. The fraction of sp³-hybridized carbons (Fsp3) is 0.136. The summed E-state index contributed by atoms with van der Waals surface area (Å²) in [6.07, 6.45) is 3.23. The van der Waals surface area contributed by atoms with Crippen molar-refractivity contribution in [2.45, 2.75) is 11.7 Å². The van der Waals surface area contributed by atoms with Crippen LogP contribution in [-0.4, -0.2) is 33.5 Å². The van der Waals surface area contributed by atoms with E-state index < -0.39 is 0 Å². The highest BCUT2D eigenvalue weighted by atomic mass is 32.2. The number of aromatic nitrogens is 3. The highest BCUT2D eigenvalue weighted by molar-refractivity contribution is 7.99. The van der Waals surface area contributed by atoms with E-state index in [1.807, 2.05) is 47.0 Å². The molecule has 0 fully saturated rings. The topological polar surface area (TPSA) is 95.3 Å². The van der Waals surface area contributed by atoms with Gasteiger partial charge in [0.25, 0.3) is 0 Å². The maximum Gasteiger partial charge on any atom is 0.234 e. The van der Waals surface area contributed by atoms with E-state index in [4.69, 9.17) is 13.6 Å². The van der Waals surface area contributed by atoms with E-state index in [1.165, 1.54) is 11.8 Å². The largest absolute Gasteiger partial charge is 0.495 e. The van der Waals surface area contributed by atoms with Crippen LogP contribution in [0.2, 0.25) is 0 Å². The maximum absolute atomic E-state index is 12.6. The molecular formula is C22H18N4O4S. The summed E-state index contributed by atoms with van der Waals surface area (Å²) in [5, 5.41) is 13.5. The number of carbonyl (C=O) groups excluding carboxylic acids is 1. The van der Waals surface area contributed by atoms with Crippen LogP contribution >= 0.6 is 11.8 Å². The van der Waals surface area contributed by atoms with E-state index in [2.05, 4.69) is 15.5 Å². The molecule has 0 unspecified atom stereocenters. The van der Waals surface area contributed by atoms with E-state index in [-0.39, 0.29) is 11.7 Å². The minimum Gasteiger partial charge on any atom is -0.495 e. The Balaban J connectivity index is 1.31. The molecular weight excluding hydrogens is 416 g/mol. The normalized spacial score (nSPS) is 11.3. The molecule has 0 saturated heterocycles. The quantitative estimate of drug-likeness (QED) is 0.375. The Labute approximate surface area is 181 Å². The van der Waals surface area contributed by atoms with Crippen molar-refractivity contribution in [3.8, 4) is 5.75 Å². The van der Waals surface area contributed by atoms with Crippen LogP contribution in [0.15, 0.2) is 75.1 Å². The Hall–Kier alpha value is -3.72. The molecule has 0 aliphatic heterocycles. The minimum atomic E-state index is -0.189. The second-order valence-electron chi connectivity index (χ2n) is 6.80. The number of methoxy groups -OCH3 is 1. The van der Waals surface area contributed by atoms with Crippen LogP contribution in [0.4, 0.5) is 5.69 Å². The third-order valence-corrected chi connectivity index (χ3v) is 5.77. The Morgan fingerprint density at radius 2 is 2.06 bits per heavy atom. The first-order valence-corrected chi connectivity index (χ1v) is 10.5. The molecule has 0 aliphatic carbocycles. The number of anilines is 1. The van der Waals surface area contributed by atoms with Crippen molar-refractivity contribution in [1.82, 2.24) is 14.8 Å². The number of ether oxygens (including phenoxy) is 1. The summed E-state index contributed by atoms with van der Waals surface area (Å²) in [7, 11) is 1.57. The van der Waals surface area contributed by atoms with Crippen molar-refractivity contribution in [2.75, 3.05) is 18.2 Å². The predicted octanol–water partition coefficient (Wildman–Crippen LogP) is 4.56. The lowest BCUT2D eigenvalue weighted by Crippen LogP contribution is -2.15. The number of hydrogen-bond acceptors (Lipinski definition) is 7. The van der Waals surface area contributed by atoms with E-state index in [9.17, 15) is 4.79 Å². The number of para-hydroxylation sites is 1. The molecule has 1 amide bonds. The molecule has 9 heteroatoms. The van der Waals surface area contributed by atoms with Gasteiger partial charge >= 0.3 is 0 Å². The SMILES string of the molecule is COc1cc2c(cc1NC(=O)CSc1nncn1Cc1ccco1)oc1ccccc12. The van der Waals surface area contributed by atoms with Crippen LogP contribution in [-0.2, 0) is 11.3 Å². The monoisotopic (exact) mass is 434 g/mol. The number of benzene rings is 2. The third-order valence-electron chi connectivity index (χ3n) is 4.79. The number of furan rings is 2. The molecule has 0 aliphatic rings. The number of fused-ring (bicyclic) bond motifs is 3. The standard InChI is InChI=1S/C22H18N4O4S/c1-28-20-9-16-15-6-2-3-7-18(15)30-19(16)10-17(20)24-21(27)12-31-22-25-23-13-26(22)11-14-5-4-8-29-14/h2-10,13H,11-12H2,1H3,(H,24,27). The fourth-order valence-electron chi connectivity index (χ4n) is 3.37. The second kappa shape index (κ2) is 8.19. The molecule has 0 bridgehead atoms. The van der Waals surface area contributed by atoms with Gasteiger partial charge in [-0.15, -0.1) is 10.2 Å². The van der Waals surface area contributed by atoms with Crippen molar-refractivity contribution < 1.29 is 18.4 Å². The highest BCUT2D eigenvalue weighted by Crippen LogP contribution is 2.36. The van der Waals surface area contributed by atoms with Crippen LogP contribution in [0, 0.1) is 0 Å². The van der Waals surface area contributed by atoms with Gasteiger partial charge in [-0.1, -0.05) is 30.0 Å². The zero-order chi connectivity index (χ0) is 21.2. The molecule has 2 aromatic carbocycles. The van der Waals surface area contributed by atoms with Crippen molar-refractivity contribution >= 4 is 45.3 Å². The molecule has 0 atom stereocenters. The van der Waals surface area contributed by atoms with Gasteiger partial charge in [-0.2, -0.15) is 0 Å². The lowest BCUT2D eigenvalue weighted by Gasteiger charge is -2.10. The summed E-state index contributed by atoms with van der Waals surface area (Å²) in [6.45, 7) is 0.500. The first-order chi connectivity index (χ1) is 15.2. The molecule has 5 rings (SSSR count). The van der Waals surface area contributed by atoms with Gasteiger partial charge in [0.15, 0.2) is 5.16 Å². The first-order valence-electron chi connectivity index (χ1n) is 9.53. The van der Waals surface area contributed by atoms with Crippen LogP contribution in [0.25, 0.3) is 21.9 Å². The Kier molecular flexibility index (Phi) is 5.09. The summed E-state index contributed by atoms with van der Waals surface area (Å²) < 4.78 is 18.6. The average molecular weight is 434 g/mol. The lowest BCUT2D eigenvalue weighted by molar-refractivity contribution is -0.113. The van der Waals surface area contributed by atoms with E-state index in [1.54, 1.807) is 25.8 Å². The zero-order valence-corrected chi connectivity index (χ0v) is 17.4. The second-order valence-corrected chi connectivity index (χ2v) is 7.75. The van der Waals surface area contributed by atoms with Crippen LogP contribution < -0.4 is 10.1 Å². The van der Waals surface area contributed by atoms with Crippen molar-refractivity contribution in [3.63, 3.8) is 0 Å². The zero-order valence-electron chi connectivity index (χ0n) is 16.6. The van der Waals surface area contributed by atoms with Crippen LogP contribution in [0.1, 0.15) is 5.76 Å². The van der Waals surface area contributed by atoms with Gasteiger partial charge in [0.1, 0.15) is 29.0 Å². The van der Waals surface area contributed by atoms with E-state index >= 15 is 0 Å². The molecule has 31 heavy (non-hydrogen) atoms. The van der Waals surface area contributed by atoms with Gasteiger partial charge in [-0.05, 0) is 24.3 Å². The molecule has 0 saturated carbocycles. The Morgan fingerprint density at radius 3 is 2.90 bits per heavy atom. The molecule has 5 aromatic rings. The summed E-state index contributed by atoms with van der Waals surface area (Å²) in [5.74, 6) is 1.33. The number of hydrogen-bond donors (Lipinski definition) is 1. The molecule has 0 spiro atoms. The molecule has 3 aromatic heterocycles. The number of nitrogens with one attached hydrogen (secondary N) is 1. The van der Waals surface area contributed by atoms with Crippen LogP contribution in [0.3, 0.4) is 0 Å². The van der Waals surface area contributed by atoms with Gasteiger partial charge in [0, 0.05) is 16.8 Å². The molecule has 8 nitrogen and oxygen atoms in total. The fourth-order valence-corrected chi connectivity index (χ4v) is 4.08. The Morgan fingerprint density at radius 1 is 1.16 bits per heavy atom. The molecule has 1 N–H and O–H groups in total.